The molecule has 1 atom stereocenters. The van der Waals surface area contributed by atoms with Gasteiger partial charge >= 0.3 is 0 Å². The van der Waals surface area contributed by atoms with E-state index < -0.39 is 10.0 Å². The third-order valence-corrected chi connectivity index (χ3v) is 7.58. The molecule has 0 radical (unpaired) electrons. The van der Waals surface area contributed by atoms with Crippen LogP contribution in [0.15, 0.2) is 17.2 Å². The number of piperidine rings is 1. The fraction of sp³-hybridized carbons (Fsp3) is 0.562. The van der Waals surface area contributed by atoms with Crippen molar-refractivity contribution < 1.29 is 8.42 Å². The van der Waals surface area contributed by atoms with E-state index in [9.17, 15) is 8.42 Å². The van der Waals surface area contributed by atoms with Crippen LogP contribution in [0.2, 0.25) is 10.2 Å². The first-order valence-electron chi connectivity index (χ1n) is 8.73. The minimum absolute atomic E-state index is 0.0529. The van der Waals surface area contributed by atoms with Crippen molar-refractivity contribution >= 4 is 33.2 Å². The normalized spacial score (nSPS) is 21.5. The lowest BCUT2D eigenvalue weighted by molar-refractivity contribution is 0.239. The number of fused-ring (bicyclic) bond motifs is 1. The smallest absolute Gasteiger partial charge is 0.245 e. The molecular formula is C16H19Cl2N5O2S. The maximum atomic E-state index is 13.3. The second kappa shape index (κ2) is 7.07. The van der Waals surface area contributed by atoms with Crippen molar-refractivity contribution in [2.75, 3.05) is 6.54 Å². The van der Waals surface area contributed by atoms with Crippen molar-refractivity contribution in [3.63, 3.8) is 0 Å². The van der Waals surface area contributed by atoms with Crippen molar-refractivity contribution in [3.05, 3.63) is 34.1 Å². The Hall–Kier alpha value is -1.22. The predicted octanol–water partition coefficient (Wildman–Crippen LogP) is 3.23. The molecule has 1 saturated heterocycles. The zero-order valence-electron chi connectivity index (χ0n) is 14.1. The van der Waals surface area contributed by atoms with Crippen LogP contribution in [0, 0.1) is 0 Å². The van der Waals surface area contributed by atoms with E-state index in [0.717, 1.165) is 56.7 Å². The average molecular weight is 416 g/mol. The SMILES string of the molecule is O=S(=O)(c1cnc(Cl)c(Cl)c1)N1CCCC[C@@H]1c1nnc2n1CCCC2. The Morgan fingerprint density at radius 1 is 1.08 bits per heavy atom. The number of nitrogens with zero attached hydrogens (tertiary/aromatic N) is 5. The van der Waals surface area contributed by atoms with Crippen molar-refractivity contribution in [2.24, 2.45) is 0 Å². The Morgan fingerprint density at radius 3 is 2.69 bits per heavy atom. The molecule has 2 aromatic rings. The molecule has 0 aliphatic carbocycles. The summed E-state index contributed by atoms with van der Waals surface area (Å²) in [6.07, 6.45) is 6.81. The number of halogens is 2. The number of aromatic nitrogens is 4. The van der Waals surface area contributed by atoms with Crippen LogP contribution >= 0.6 is 23.2 Å². The largest absolute Gasteiger partial charge is 0.314 e. The van der Waals surface area contributed by atoms with E-state index in [1.54, 1.807) is 0 Å². The minimum atomic E-state index is -3.76. The van der Waals surface area contributed by atoms with Gasteiger partial charge < -0.3 is 4.57 Å². The van der Waals surface area contributed by atoms with E-state index in [0.29, 0.717) is 6.54 Å². The van der Waals surface area contributed by atoms with Gasteiger partial charge in [0.15, 0.2) is 5.82 Å². The maximum absolute atomic E-state index is 13.3. The first-order valence-corrected chi connectivity index (χ1v) is 10.9. The van der Waals surface area contributed by atoms with Gasteiger partial charge in [0, 0.05) is 25.7 Å². The highest BCUT2D eigenvalue weighted by Crippen LogP contribution is 2.36. The first-order chi connectivity index (χ1) is 12.5. The Kier molecular flexibility index (Phi) is 4.94. The summed E-state index contributed by atoms with van der Waals surface area (Å²) in [6, 6.07) is 1.04. The summed E-state index contributed by atoms with van der Waals surface area (Å²) in [4.78, 5) is 3.95. The molecule has 0 amide bonds. The number of hydrogen-bond acceptors (Lipinski definition) is 5. The van der Waals surface area contributed by atoms with Crippen molar-refractivity contribution in [3.8, 4) is 0 Å². The van der Waals surface area contributed by atoms with E-state index >= 15 is 0 Å². The average Bonchev–Trinajstić information content (AvgIpc) is 3.08. The van der Waals surface area contributed by atoms with Gasteiger partial charge in [0.05, 0.1) is 11.1 Å². The number of hydrogen-bond donors (Lipinski definition) is 0. The summed E-state index contributed by atoms with van der Waals surface area (Å²) in [5.74, 6) is 1.70. The molecule has 10 heteroatoms. The quantitative estimate of drug-likeness (QED) is 0.718. The molecule has 4 rings (SSSR count). The van der Waals surface area contributed by atoms with Gasteiger partial charge in [-0.1, -0.05) is 29.6 Å². The van der Waals surface area contributed by atoms with E-state index in [4.69, 9.17) is 23.2 Å². The lowest BCUT2D eigenvalue weighted by Crippen LogP contribution is -2.40. The van der Waals surface area contributed by atoms with Gasteiger partial charge in [0.2, 0.25) is 10.0 Å². The molecule has 0 aromatic carbocycles. The van der Waals surface area contributed by atoms with Crippen LogP contribution in [0.3, 0.4) is 0 Å². The van der Waals surface area contributed by atoms with Gasteiger partial charge in [0.1, 0.15) is 15.9 Å². The van der Waals surface area contributed by atoms with Gasteiger partial charge in [0.25, 0.3) is 0 Å². The molecule has 1 fully saturated rings. The van der Waals surface area contributed by atoms with Crippen LogP contribution in [-0.2, 0) is 23.0 Å². The lowest BCUT2D eigenvalue weighted by Gasteiger charge is -2.34. The summed E-state index contributed by atoms with van der Waals surface area (Å²) in [5, 5.41) is 8.86. The van der Waals surface area contributed by atoms with E-state index in [1.165, 1.54) is 16.6 Å². The highest BCUT2D eigenvalue weighted by molar-refractivity contribution is 7.89. The van der Waals surface area contributed by atoms with Crippen LogP contribution in [0.4, 0.5) is 0 Å². The molecule has 0 unspecified atom stereocenters. The molecule has 0 saturated carbocycles. The van der Waals surface area contributed by atoms with E-state index in [-0.39, 0.29) is 21.1 Å². The van der Waals surface area contributed by atoms with Gasteiger partial charge in [-0.2, -0.15) is 4.31 Å². The zero-order chi connectivity index (χ0) is 18.3. The molecule has 0 spiro atoms. The molecule has 4 heterocycles. The highest BCUT2D eigenvalue weighted by atomic mass is 35.5. The maximum Gasteiger partial charge on any atom is 0.245 e. The van der Waals surface area contributed by atoms with Crippen molar-refractivity contribution in [2.45, 2.75) is 56.0 Å². The Labute approximate surface area is 162 Å². The molecule has 0 N–H and O–H groups in total. The lowest BCUT2D eigenvalue weighted by atomic mass is 10.0. The van der Waals surface area contributed by atoms with Gasteiger partial charge in [-0.3, -0.25) is 0 Å². The van der Waals surface area contributed by atoms with Crippen LogP contribution in [0.5, 0.6) is 0 Å². The number of aryl methyl sites for hydroxylation is 1. The van der Waals surface area contributed by atoms with Gasteiger partial charge in [-0.15, -0.1) is 10.2 Å². The van der Waals surface area contributed by atoms with Gasteiger partial charge in [-0.25, -0.2) is 13.4 Å². The Balaban J connectivity index is 1.73. The molecule has 140 valence electrons. The fourth-order valence-corrected chi connectivity index (χ4v) is 5.67. The highest BCUT2D eigenvalue weighted by Gasteiger charge is 2.38. The topological polar surface area (TPSA) is 81.0 Å². The summed E-state index contributed by atoms with van der Waals surface area (Å²) in [7, 11) is -3.76. The fourth-order valence-electron chi connectivity index (χ4n) is 3.71. The zero-order valence-corrected chi connectivity index (χ0v) is 16.4. The Bertz CT molecular complexity index is 931. The van der Waals surface area contributed by atoms with Gasteiger partial charge in [-0.05, 0) is 31.7 Å². The second-order valence-electron chi connectivity index (χ2n) is 6.65. The molecule has 26 heavy (non-hydrogen) atoms. The number of pyridine rings is 1. The third kappa shape index (κ3) is 3.13. The minimum Gasteiger partial charge on any atom is -0.314 e. The number of sulfonamides is 1. The molecule has 2 aliphatic rings. The monoisotopic (exact) mass is 415 g/mol. The van der Waals surface area contributed by atoms with Crippen LogP contribution in [0.1, 0.15) is 49.8 Å². The number of rotatable bonds is 3. The van der Waals surface area contributed by atoms with Crippen LogP contribution in [0.25, 0.3) is 0 Å². The standard InChI is InChI=1S/C16H19Cl2N5O2S/c17-12-9-11(10-19-15(12)18)26(24,25)23-8-4-1-5-13(23)16-21-20-14-6-2-3-7-22(14)16/h9-10,13H,1-8H2/t13-/m1/s1. The molecule has 7 nitrogen and oxygen atoms in total. The first kappa shape index (κ1) is 18.2. The van der Waals surface area contributed by atoms with Crippen molar-refractivity contribution in [1.82, 2.24) is 24.1 Å². The summed E-state index contributed by atoms with van der Waals surface area (Å²) in [5.41, 5.74) is 0. The molecule has 0 bridgehead atoms. The summed E-state index contributed by atoms with van der Waals surface area (Å²) < 4.78 is 30.1. The van der Waals surface area contributed by atoms with Crippen molar-refractivity contribution in [1.29, 1.82) is 0 Å². The molecular weight excluding hydrogens is 397 g/mol. The van der Waals surface area contributed by atoms with E-state index in [1.807, 2.05) is 0 Å². The summed E-state index contributed by atoms with van der Waals surface area (Å²) >= 11 is 11.8. The predicted molar refractivity (Wildman–Crippen MR) is 97.7 cm³/mol. The van der Waals surface area contributed by atoms with Crippen LogP contribution < -0.4 is 0 Å². The summed E-state index contributed by atoms with van der Waals surface area (Å²) in [6.45, 7) is 1.28. The molecule has 2 aromatic heterocycles. The molecule has 2 aliphatic heterocycles. The van der Waals surface area contributed by atoms with E-state index in [2.05, 4.69) is 19.7 Å². The van der Waals surface area contributed by atoms with Crippen LogP contribution in [-0.4, -0.2) is 39.0 Å². The Morgan fingerprint density at radius 2 is 1.88 bits per heavy atom. The third-order valence-electron chi connectivity index (χ3n) is 5.02. The second-order valence-corrected chi connectivity index (χ2v) is 9.31.